The Morgan fingerprint density at radius 1 is 1.33 bits per heavy atom. The third-order valence-corrected chi connectivity index (χ3v) is 3.40. The minimum atomic E-state index is -0.156. The van der Waals surface area contributed by atoms with Gasteiger partial charge in [-0.05, 0) is 52.6 Å². The van der Waals surface area contributed by atoms with Gasteiger partial charge in [0.05, 0.1) is 6.54 Å². The highest BCUT2D eigenvalue weighted by Crippen LogP contribution is 2.16. The highest BCUT2D eigenvalue weighted by Gasteiger charge is 2.22. The van der Waals surface area contributed by atoms with Crippen molar-refractivity contribution in [2.24, 2.45) is 16.6 Å². The molecule has 0 aliphatic carbocycles. The van der Waals surface area contributed by atoms with E-state index in [1.807, 2.05) is 20.8 Å². The summed E-state index contributed by atoms with van der Waals surface area (Å²) in [5, 5.41) is 6.12. The lowest BCUT2D eigenvalue weighted by Gasteiger charge is -2.32. The van der Waals surface area contributed by atoms with Gasteiger partial charge >= 0.3 is 0 Å². The molecule has 0 saturated carbocycles. The molecule has 0 aromatic carbocycles. The number of amides is 1. The van der Waals surface area contributed by atoms with Crippen LogP contribution in [0.1, 0.15) is 33.6 Å². The van der Waals surface area contributed by atoms with Crippen molar-refractivity contribution in [2.45, 2.75) is 39.2 Å². The molecule has 7 heteroatoms. The molecule has 1 aliphatic rings. The van der Waals surface area contributed by atoms with Crippen LogP contribution in [0.5, 0.6) is 0 Å². The number of hydrogen-bond acceptors (Lipinski definition) is 3. The monoisotopic (exact) mass is 411 g/mol. The summed E-state index contributed by atoms with van der Waals surface area (Å²) in [7, 11) is 1.68. The van der Waals surface area contributed by atoms with Gasteiger partial charge in [0.1, 0.15) is 0 Å². The van der Waals surface area contributed by atoms with Gasteiger partial charge in [-0.3, -0.25) is 14.7 Å². The molecule has 0 aromatic rings. The summed E-state index contributed by atoms with van der Waals surface area (Å²) in [6.45, 7) is 9.30. The zero-order valence-electron chi connectivity index (χ0n) is 13.6. The fourth-order valence-corrected chi connectivity index (χ4v) is 2.34. The number of likely N-dealkylation sites (tertiary alicyclic amines) is 1. The first-order chi connectivity index (χ1) is 9.30. The predicted octanol–water partition coefficient (Wildman–Crippen LogP) is 0.765. The van der Waals surface area contributed by atoms with Crippen LogP contribution in [0.4, 0.5) is 0 Å². The third-order valence-electron chi connectivity index (χ3n) is 3.40. The van der Waals surface area contributed by atoms with Crippen LogP contribution in [0.3, 0.4) is 0 Å². The summed E-state index contributed by atoms with van der Waals surface area (Å²) < 4.78 is 0. The second kappa shape index (κ2) is 9.45. The van der Waals surface area contributed by atoms with Crippen molar-refractivity contribution in [2.75, 3.05) is 33.2 Å². The molecule has 0 aromatic heterocycles. The lowest BCUT2D eigenvalue weighted by Crippen LogP contribution is -2.48. The average Bonchev–Trinajstić information content (AvgIpc) is 2.35. The Kier molecular flexibility index (Phi) is 9.19. The lowest BCUT2D eigenvalue weighted by atomic mass is 9.97. The van der Waals surface area contributed by atoms with Gasteiger partial charge in [0, 0.05) is 19.1 Å². The van der Waals surface area contributed by atoms with Gasteiger partial charge in [-0.15, -0.1) is 24.0 Å². The van der Waals surface area contributed by atoms with Crippen molar-refractivity contribution in [1.82, 2.24) is 15.5 Å². The lowest BCUT2D eigenvalue weighted by molar-refractivity contribution is -0.124. The van der Waals surface area contributed by atoms with Gasteiger partial charge in [0.15, 0.2) is 5.96 Å². The van der Waals surface area contributed by atoms with E-state index in [0.717, 1.165) is 32.5 Å². The maximum Gasteiger partial charge on any atom is 0.234 e. The summed E-state index contributed by atoms with van der Waals surface area (Å²) in [6, 6.07) is 0. The van der Waals surface area contributed by atoms with Crippen molar-refractivity contribution in [3.63, 3.8) is 0 Å². The Balaban J connectivity index is 0.00000400. The molecule has 1 rings (SSSR count). The van der Waals surface area contributed by atoms with Crippen molar-refractivity contribution in [3.05, 3.63) is 0 Å². The van der Waals surface area contributed by atoms with Crippen LogP contribution in [-0.2, 0) is 4.79 Å². The molecule has 1 heterocycles. The number of carbonyl (C=O) groups is 1. The number of nitrogens with two attached hydrogens (primary N) is 1. The first-order valence-electron chi connectivity index (χ1n) is 7.29. The Morgan fingerprint density at radius 3 is 2.38 bits per heavy atom. The third kappa shape index (κ3) is 9.13. The SMILES string of the molecule is CN=C(N)NCC1CCN(CC(=O)NC(C)(C)C)CC1.I. The largest absolute Gasteiger partial charge is 0.370 e. The van der Waals surface area contributed by atoms with Crippen molar-refractivity contribution < 1.29 is 4.79 Å². The number of guanidine groups is 1. The fourth-order valence-electron chi connectivity index (χ4n) is 2.34. The first-order valence-corrected chi connectivity index (χ1v) is 7.29. The first kappa shape index (κ1) is 20.4. The molecule has 21 heavy (non-hydrogen) atoms. The van der Waals surface area contributed by atoms with Gasteiger partial charge in [-0.1, -0.05) is 0 Å². The number of rotatable bonds is 4. The number of carbonyl (C=O) groups excluding carboxylic acids is 1. The van der Waals surface area contributed by atoms with Crippen LogP contribution in [0, 0.1) is 5.92 Å². The Labute approximate surface area is 145 Å². The second-order valence-electron chi connectivity index (χ2n) is 6.51. The summed E-state index contributed by atoms with van der Waals surface area (Å²) in [5.74, 6) is 1.21. The van der Waals surface area contributed by atoms with Crippen molar-refractivity contribution >= 4 is 35.8 Å². The van der Waals surface area contributed by atoms with E-state index in [0.29, 0.717) is 18.4 Å². The van der Waals surface area contributed by atoms with Gasteiger partial charge in [-0.2, -0.15) is 0 Å². The molecule has 4 N–H and O–H groups in total. The Hall–Kier alpha value is -0.570. The Bertz CT molecular complexity index is 346. The molecular weight excluding hydrogens is 381 g/mol. The molecule has 6 nitrogen and oxygen atoms in total. The van der Waals surface area contributed by atoms with Gasteiger partial charge < -0.3 is 16.4 Å². The fraction of sp³-hybridized carbons (Fsp3) is 0.857. The predicted molar refractivity (Wildman–Crippen MR) is 98.0 cm³/mol. The topological polar surface area (TPSA) is 82.8 Å². The Morgan fingerprint density at radius 2 is 1.90 bits per heavy atom. The van der Waals surface area contributed by atoms with E-state index in [4.69, 9.17) is 5.73 Å². The van der Waals surface area contributed by atoms with Crippen LogP contribution in [0.2, 0.25) is 0 Å². The number of nitrogens with one attached hydrogen (secondary N) is 2. The average molecular weight is 411 g/mol. The van der Waals surface area contributed by atoms with Gasteiger partial charge in [0.25, 0.3) is 0 Å². The standard InChI is InChI=1S/C14H29N5O.HI/c1-14(2,3)18-12(20)10-19-7-5-11(6-8-19)9-17-13(15)16-4;/h11H,5-10H2,1-4H3,(H,18,20)(H3,15,16,17);1H. The van der Waals surface area contributed by atoms with E-state index >= 15 is 0 Å². The van der Waals surface area contributed by atoms with Gasteiger partial charge in [0.2, 0.25) is 5.91 Å². The molecule has 1 aliphatic heterocycles. The number of hydrogen-bond donors (Lipinski definition) is 3. The maximum absolute atomic E-state index is 11.9. The zero-order chi connectivity index (χ0) is 15.2. The molecule has 0 spiro atoms. The number of aliphatic imine (C=N–C) groups is 1. The molecule has 1 saturated heterocycles. The summed E-state index contributed by atoms with van der Waals surface area (Å²) in [6.07, 6.45) is 2.18. The molecule has 0 radical (unpaired) electrons. The number of nitrogens with zero attached hydrogens (tertiary/aromatic N) is 2. The molecule has 0 atom stereocenters. The number of halogens is 1. The van der Waals surface area contributed by atoms with Gasteiger partial charge in [-0.25, -0.2) is 0 Å². The normalized spacial score (nSPS) is 18.0. The molecule has 0 bridgehead atoms. The van der Waals surface area contributed by atoms with E-state index in [2.05, 4.69) is 20.5 Å². The highest BCUT2D eigenvalue weighted by atomic mass is 127. The molecular formula is C14H30IN5O. The van der Waals surface area contributed by atoms with E-state index in [1.165, 1.54) is 0 Å². The van der Waals surface area contributed by atoms with Crippen LogP contribution >= 0.6 is 24.0 Å². The van der Waals surface area contributed by atoms with E-state index in [1.54, 1.807) is 7.05 Å². The molecule has 0 unspecified atom stereocenters. The molecule has 124 valence electrons. The van der Waals surface area contributed by atoms with E-state index in [9.17, 15) is 4.79 Å². The summed E-state index contributed by atoms with van der Waals surface area (Å²) >= 11 is 0. The minimum absolute atomic E-state index is 0. The van der Waals surface area contributed by atoms with Crippen molar-refractivity contribution in [3.8, 4) is 0 Å². The second-order valence-corrected chi connectivity index (χ2v) is 6.51. The van der Waals surface area contributed by atoms with Crippen LogP contribution in [0.15, 0.2) is 4.99 Å². The molecule has 1 amide bonds. The summed E-state index contributed by atoms with van der Waals surface area (Å²) in [4.78, 5) is 18.0. The van der Waals surface area contributed by atoms with E-state index < -0.39 is 0 Å². The smallest absolute Gasteiger partial charge is 0.234 e. The van der Waals surface area contributed by atoms with Crippen LogP contribution in [-0.4, -0.2) is 55.5 Å². The summed E-state index contributed by atoms with van der Waals surface area (Å²) in [5.41, 5.74) is 5.46. The molecule has 1 fully saturated rings. The highest BCUT2D eigenvalue weighted by molar-refractivity contribution is 14.0. The zero-order valence-corrected chi connectivity index (χ0v) is 15.9. The minimum Gasteiger partial charge on any atom is -0.370 e. The maximum atomic E-state index is 11.9. The van der Waals surface area contributed by atoms with Crippen LogP contribution in [0.25, 0.3) is 0 Å². The van der Waals surface area contributed by atoms with Crippen molar-refractivity contribution in [1.29, 1.82) is 0 Å². The van der Waals surface area contributed by atoms with E-state index in [-0.39, 0.29) is 35.4 Å². The quantitative estimate of drug-likeness (QED) is 0.363. The van der Waals surface area contributed by atoms with Crippen LogP contribution < -0.4 is 16.4 Å². The number of piperidine rings is 1.